The molecule has 2 aromatic heterocycles. The molecule has 0 spiro atoms. The molecular formula is C29H40F2N6O. The van der Waals surface area contributed by atoms with Gasteiger partial charge in [-0.3, -0.25) is 9.80 Å². The Bertz CT molecular complexity index is 1180. The van der Waals surface area contributed by atoms with Crippen molar-refractivity contribution in [2.24, 2.45) is 0 Å². The van der Waals surface area contributed by atoms with Crippen molar-refractivity contribution in [1.29, 1.82) is 0 Å². The third kappa shape index (κ3) is 6.33. The second-order valence-electron chi connectivity index (χ2n) is 11.1. The Morgan fingerprint density at radius 2 is 1.74 bits per heavy atom. The van der Waals surface area contributed by atoms with Crippen LogP contribution in [0.15, 0.2) is 36.7 Å². The van der Waals surface area contributed by atoms with Crippen LogP contribution in [0.25, 0.3) is 22.2 Å². The normalized spacial score (nSPS) is 21.6. The van der Waals surface area contributed by atoms with Crippen molar-refractivity contribution in [2.75, 3.05) is 38.0 Å². The van der Waals surface area contributed by atoms with Crippen molar-refractivity contribution < 1.29 is 13.9 Å². The molecule has 1 aliphatic carbocycles. The zero-order chi connectivity index (χ0) is 26.6. The summed E-state index contributed by atoms with van der Waals surface area (Å²) in [4.78, 5) is 14.2. The maximum atomic E-state index is 12.6. The molecule has 2 aliphatic rings. The highest BCUT2D eigenvalue weighted by Gasteiger charge is 2.24. The van der Waals surface area contributed by atoms with E-state index in [1.165, 1.54) is 5.56 Å². The van der Waals surface area contributed by atoms with E-state index in [9.17, 15) is 13.9 Å². The molecule has 0 amide bonds. The van der Waals surface area contributed by atoms with Gasteiger partial charge in [0.15, 0.2) is 0 Å². The molecule has 1 saturated heterocycles. The predicted octanol–water partition coefficient (Wildman–Crippen LogP) is 5.17. The van der Waals surface area contributed by atoms with Crippen LogP contribution in [-0.4, -0.2) is 80.7 Å². The van der Waals surface area contributed by atoms with Crippen LogP contribution in [0.3, 0.4) is 0 Å². The topological polar surface area (TPSA) is 69.5 Å². The van der Waals surface area contributed by atoms with Gasteiger partial charge in [0.2, 0.25) is 12.4 Å². The van der Waals surface area contributed by atoms with Crippen LogP contribution in [-0.2, 0) is 6.54 Å². The van der Waals surface area contributed by atoms with E-state index >= 15 is 0 Å². The van der Waals surface area contributed by atoms with E-state index in [0.29, 0.717) is 12.0 Å². The fourth-order valence-corrected chi connectivity index (χ4v) is 5.74. The number of anilines is 1. The summed E-state index contributed by atoms with van der Waals surface area (Å²) in [6.07, 6.45) is 4.42. The van der Waals surface area contributed by atoms with Gasteiger partial charge in [0.25, 0.3) is 0 Å². The first-order chi connectivity index (χ1) is 18.4. The summed E-state index contributed by atoms with van der Waals surface area (Å²) in [5, 5.41) is 13.9. The number of halogens is 2. The quantitative estimate of drug-likeness (QED) is 0.401. The van der Waals surface area contributed by atoms with Gasteiger partial charge in [-0.05, 0) is 50.7 Å². The predicted molar refractivity (Wildman–Crippen MR) is 148 cm³/mol. The molecule has 0 unspecified atom stereocenters. The number of aliphatic hydroxyl groups excluding tert-OH is 1. The third-order valence-corrected chi connectivity index (χ3v) is 8.09. The van der Waals surface area contributed by atoms with Gasteiger partial charge in [0.05, 0.1) is 6.10 Å². The monoisotopic (exact) mass is 526 g/mol. The fourth-order valence-electron chi connectivity index (χ4n) is 5.74. The van der Waals surface area contributed by atoms with E-state index < -0.39 is 6.43 Å². The van der Waals surface area contributed by atoms with E-state index in [1.807, 2.05) is 0 Å². The molecule has 2 fully saturated rings. The zero-order valence-electron chi connectivity index (χ0n) is 22.5. The number of hydrogen-bond donors (Lipinski definition) is 2. The summed E-state index contributed by atoms with van der Waals surface area (Å²) in [6, 6.07) is 9.63. The molecule has 2 N–H and O–H groups in total. The highest BCUT2D eigenvalue weighted by atomic mass is 19.3. The minimum Gasteiger partial charge on any atom is -0.393 e. The first kappa shape index (κ1) is 27.0. The lowest BCUT2D eigenvalue weighted by molar-refractivity contribution is 0.104. The van der Waals surface area contributed by atoms with Gasteiger partial charge in [0.1, 0.15) is 5.65 Å². The van der Waals surface area contributed by atoms with Gasteiger partial charge in [0, 0.05) is 81.1 Å². The van der Waals surface area contributed by atoms with Gasteiger partial charge >= 0.3 is 0 Å². The first-order valence-electron chi connectivity index (χ1n) is 14.0. The second-order valence-corrected chi connectivity index (χ2v) is 11.1. The molecule has 9 heteroatoms. The number of benzene rings is 1. The Hall–Kier alpha value is -2.62. The summed E-state index contributed by atoms with van der Waals surface area (Å²) in [5.74, 6) is 0.368. The summed E-state index contributed by atoms with van der Waals surface area (Å²) in [5.41, 5.74) is 4.30. The van der Waals surface area contributed by atoms with Crippen LogP contribution in [0.5, 0.6) is 0 Å². The second kappa shape index (κ2) is 12.1. The highest BCUT2D eigenvalue weighted by Crippen LogP contribution is 2.36. The molecule has 3 aromatic rings. The SMILES string of the molecule is CC(C)N1CCN(Cc2ccc(-c3cn(C4CCC(O)CC4)c4nc(NCCC(F)F)ncc34)cc2)CC1. The average molecular weight is 527 g/mol. The largest absolute Gasteiger partial charge is 0.393 e. The van der Waals surface area contributed by atoms with Gasteiger partial charge in [-0.1, -0.05) is 24.3 Å². The van der Waals surface area contributed by atoms with Crippen molar-refractivity contribution in [3.63, 3.8) is 0 Å². The van der Waals surface area contributed by atoms with Crippen molar-refractivity contribution >= 4 is 17.0 Å². The van der Waals surface area contributed by atoms with Crippen LogP contribution >= 0.6 is 0 Å². The van der Waals surface area contributed by atoms with E-state index in [4.69, 9.17) is 4.98 Å². The number of hydrogen-bond acceptors (Lipinski definition) is 6. The Morgan fingerprint density at radius 1 is 1.03 bits per heavy atom. The molecule has 0 bridgehead atoms. The van der Waals surface area contributed by atoms with Gasteiger partial charge < -0.3 is 15.0 Å². The van der Waals surface area contributed by atoms with E-state index in [2.05, 4.69) is 69.0 Å². The van der Waals surface area contributed by atoms with Crippen molar-refractivity contribution in [1.82, 2.24) is 24.3 Å². The van der Waals surface area contributed by atoms with Crippen molar-refractivity contribution in [2.45, 2.75) is 77.1 Å². The Morgan fingerprint density at radius 3 is 2.39 bits per heavy atom. The minimum absolute atomic E-state index is 0.125. The van der Waals surface area contributed by atoms with E-state index in [0.717, 1.165) is 80.6 Å². The standard InChI is InChI=1S/C29H40F2N6O/c1-20(2)36-15-13-35(14-16-36)18-21-3-5-22(6-4-21)26-19-37(23-7-9-24(38)10-8-23)28-25(26)17-33-29(34-28)32-12-11-27(30)31/h3-6,17,19-20,23-24,27,38H,7-16,18H2,1-2H3,(H,32,33,34). The number of aromatic nitrogens is 3. The molecule has 7 nitrogen and oxygen atoms in total. The van der Waals surface area contributed by atoms with Crippen LogP contribution in [0.2, 0.25) is 0 Å². The molecular weight excluding hydrogens is 486 g/mol. The lowest BCUT2D eigenvalue weighted by Gasteiger charge is -2.36. The smallest absolute Gasteiger partial charge is 0.240 e. The number of aliphatic hydroxyl groups is 1. The van der Waals surface area contributed by atoms with Crippen LogP contribution < -0.4 is 5.32 Å². The molecule has 5 rings (SSSR count). The minimum atomic E-state index is -2.36. The van der Waals surface area contributed by atoms with Crippen LogP contribution in [0.1, 0.15) is 57.6 Å². The zero-order valence-corrected chi connectivity index (χ0v) is 22.5. The summed E-state index contributed by atoms with van der Waals surface area (Å²) < 4.78 is 27.4. The number of nitrogens with one attached hydrogen (secondary N) is 1. The molecule has 206 valence electrons. The van der Waals surface area contributed by atoms with Crippen LogP contribution in [0.4, 0.5) is 14.7 Å². The number of fused-ring (bicyclic) bond motifs is 1. The van der Waals surface area contributed by atoms with Gasteiger partial charge in [-0.2, -0.15) is 4.98 Å². The molecule has 3 heterocycles. The number of rotatable bonds is 9. The van der Waals surface area contributed by atoms with Crippen molar-refractivity contribution in [3.05, 3.63) is 42.2 Å². The number of nitrogens with zero attached hydrogens (tertiary/aromatic N) is 5. The summed E-state index contributed by atoms with van der Waals surface area (Å²) in [7, 11) is 0. The fraction of sp³-hybridized carbons (Fsp3) is 0.586. The van der Waals surface area contributed by atoms with Crippen LogP contribution in [0, 0.1) is 0 Å². The lowest BCUT2D eigenvalue weighted by atomic mass is 9.93. The van der Waals surface area contributed by atoms with E-state index in [1.54, 1.807) is 6.20 Å². The molecule has 0 radical (unpaired) electrons. The maximum absolute atomic E-state index is 12.6. The molecule has 0 atom stereocenters. The first-order valence-corrected chi connectivity index (χ1v) is 14.0. The average Bonchev–Trinajstić information content (AvgIpc) is 3.28. The molecule has 38 heavy (non-hydrogen) atoms. The Balaban J connectivity index is 1.36. The summed E-state index contributed by atoms with van der Waals surface area (Å²) >= 11 is 0. The van der Waals surface area contributed by atoms with Gasteiger partial charge in [-0.15, -0.1) is 0 Å². The summed E-state index contributed by atoms with van der Waals surface area (Å²) in [6.45, 7) is 10.0. The molecule has 1 saturated carbocycles. The Labute approximate surface area is 223 Å². The number of piperazine rings is 1. The highest BCUT2D eigenvalue weighted by molar-refractivity contribution is 5.94. The molecule has 1 aromatic carbocycles. The Kier molecular flexibility index (Phi) is 8.55. The van der Waals surface area contributed by atoms with Crippen molar-refractivity contribution in [3.8, 4) is 11.1 Å². The maximum Gasteiger partial charge on any atom is 0.240 e. The lowest BCUT2D eigenvalue weighted by Crippen LogP contribution is -2.48. The number of alkyl halides is 2. The molecule has 1 aliphatic heterocycles. The van der Waals surface area contributed by atoms with E-state index in [-0.39, 0.29) is 25.1 Å². The third-order valence-electron chi connectivity index (χ3n) is 8.09. The van der Waals surface area contributed by atoms with Gasteiger partial charge in [-0.25, -0.2) is 13.8 Å².